The van der Waals surface area contributed by atoms with E-state index in [9.17, 15) is 19.5 Å². The normalized spacial score (nSPS) is 27.4. The SMILES string of the molecule is CC1CN(C(=O)C2(c3ccccc3)CCC(=O)N(CCCN3CCCC3=O)C2c2cc(Br)ccc2O)CC(C)O1. The van der Waals surface area contributed by atoms with Crippen LogP contribution < -0.4 is 0 Å². The van der Waals surface area contributed by atoms with Gasteiger partial charge in [-0.2, -0.15) is 0 Å². The van der Waals surface area contributed by atoms with Gasteiger partial charge in [-0.1, -0.05) is 46.3 Å². The Hall–Kier alpha value is -2.91. The minimum Gasteiger partial charge on any atom is -0.508 e. The Labute approximate surface area is 244 Å². The number of benzene rings is 2. The average Bonchev–Trinajstić information content (AvgIpc) is 3.35. The summed E-state index contributed by atoms with van der Waals surface area (Å²) in [6.07, 6.45) is 2.33. The Morgan fingerprint density at radius 2 is 1.75 bits per heavy atom. The van der Waals surface area contributed by atoms with E-state index in [1.54, 1.807) is 17.0 Å². The fraction of sp³-hybridized carbons (Fsp3) is 0.516. The molecule has 0 radical (unpaired) electrons. The maximum absolute atomic E-state index is 14.9. The molecule has 0 aliphatic carbocycles. The van der Waals surface area contributed by atoms with Crippen LogP contribution in [0.4, 0.5) is 0 Å². The predicted octanol–water partition coefficient (Wildman–Crippen LogP) is 4.40. The van der Waals surface area contributed by atoms with Crippen LogP contribution in [0, 0.1) is 0 Å². The van der Waals surface area contributed by atoms with Crippen molar-refractivity contribution in [2.75, 3.05) is 32.7 Å². The van der Waals surface area contributed by atoms with Crippen molar-refractivity contribution in [3.8, 4) is 5.75 Å². The summed E-state index contributed by atoms with van der Waals surface area (Å²) in [6.45, 7) is 6.53. The molecule has 3 saturated heterocycles. The lowest BCUT2D eigenvalue weighted by molar-refractivity contribution is -0.159. The first-order valence-electron chi connectivity index (χ1n) is 14.3. The molecule has 5 rings (SSSR count). The lowest BCUT2D eigenvalue weighted by atomic mass is 9.64. The molecule has 4 unspecified atom stereocenters. The zero-order valence-corrected chi connectivity index (χ0v) is 24.8. The molecule has 40 heavy (non-hydrogen) atoms. The van der Waals surface area contributed by atoms with Crippen molar-refractivity contribution < 1.29 is 24.2 Å². The molecule has 3 fully saturated rings. The van der Waals surface area contributed by atoms with E-state index in [2.05, 4.69) is 15.9 Å². The summed E-state index contributed by atoms with van der Waals surface area (Å²) in [5, 5.41) is 11.2. The van der Waals surface area contributed by atoms with E-state index in [1.807, 2.05) is 60.0 Å². The van der Waals surface area contributed by atoms with E-state index in [0.29, 0.717) is 51.0 Å². The van der Waals surface area contributed by atoms with Crippen LogP contribution in [0.5, 0.6) is 5.75 Å². The number of piperidine rings is 1. The van der Waals surface area contributed by atoms with Crippen LogP contribution in [0.3, 0.4) is 0 Å². The molecule has 8 nitrogen and oxygen atoms in total. The third kappa shape index (κ3) is 5.50. The van der Waals surface area contributed by atoms with E-state index in [4.69, 9.17) is 4.74 Å². The molecule has 4 atom stereocenters. The van der Waals surface area contributed by atoms with E-state index in [0.717, 1.165) is 23.0 Å². The second kappa shape index (κ2) is 11.9. The number of nitrogens with zero attached hydrogens (tertiary/aromatic N) is 3. The predicted molar refractivity (Wildman–Crippen MR) is 155 cm³/mol. The minimum absolute atomic E-state index is 0.0411. The Morgan fingerprint density at radius 3 is 2.42 bits per heavy atom. The number of likely N-dealkylation sites (tertiary alicyclic amines) is 2. The second-order valence-electron chi connectivity index (χ2n) is 11.3. The van der Waals surface area contributed by atoms with Crippen molar-refractivity contribution in [1.82, 2.24) is 14.7 Å². The molecule has 2 aromatic rings. The highest BCUT2D eigenvalue weighted by Crippen LogP contribution is 2.52. The Balaban J connectivity index is 1.62. The first kappa shape index (κ1) is 28.6. The number of aromatic hydroxyl groups is 1. The largest absolute Gasteiger partial charge is 0.508 e. The number of halogens is 1. The molecule has 0 saturated carbocycles. The Bertz CT molecular complexity index is 1250. The first-order valence-corrected chi connectivity index (χ1v) is 15.1. The molecular formula is C31H38BrN3O5. The highest BCUT2D eigenvalue weighted by molar-refractivity contribution is 9.10. The number of ether oxygens (including phenoxy) is 1. The smallest absolute Gasteiger partial charge is 0.235 e. The maximum Gasteiger partial charge on any atom is 0.235 e. The van der Waals surface area contributed by atoms with Crippen molar-refractivity contribution >= 4 is 33.7 Å². The van der Waals surface area contributed by atoms with Gasteiger partial charge in [0.05, 0.1) is 23.7 Å². The number of morpholine rings is 1. The van der Waals surface area contributed by atoms with Gasteiger partial charge < -0.3 is 24.5 Å². The number of rotatable bonds is 7. The number of carbonyl (C=O) groups excluding carboxylic acids is 3. The summed E-state index contributed by atoms with van der Waals surface area (Å²) >= 11 is 3.55. The number of hydrogen-bond acceptors (Lipinski definition) is 5. The quantitative estimate of drug-likeness (QED) is 0.501. The van der Waals surface area contributed by atoms with Crippen molar-refractivity contribution in [1.29, 1.82) is 0 Å². The molecule has 0 aromatic heterocycles. The van der Waals surface area contributed by atoms with Crippen LogP contribution in [0.25, 0.3) is 0 Å². The minimum atomic E-state index is -1.12. The summed E-state index contributed by atoms with van der Waals surface area (Å²) in [5.41, 5.74) is 0.239. The van der Waals surface area contributed by atoms with Gasteiger partial charge >= 0.3 is 0 Å². The number of amides is 3. The zero-order valence-electron chi connectivity index (χ0n) is 23.2. The number of hydrogen-bond donors (Lipinski definition) is 1. The van der Waals surface area contributed by atoms with Gasteiger partial charge in [0.1, 0.15) is 5.75 Å². The molecule has 0 spiro atoms. The highest BCUT2D eigenvalue weighted by Gasteiger charge is 2.56. The molecule has 3 heterocycles. The monoisotopic (exact) mass is 611 g/mol. The molecule has 3 amide bonds. The Kier molecular flexibility index (Phi) is 8.52. The first-order chi connectivity index (χ1) is 19.2. The lowest BCUT2D eigenvalue weighted by Crippen LogP contribution is -2.61. The third-order valence-electron chi connectivity index (χ3n) is 8.49. The summed E-state index contributed by atoms with van der Waals surface area (Å²) in [5.74, 6) is 0.0763. The molecule has 2 aromatic carbocycles. The number of phenolic OH excluding ortho intramolecular Hbond substituents is 1. The second-order valence-corrected chi connectivity index (χ2v) is 12.3. The van der Waals surface area contributed by atoms with Gasteiger partial charge in [0, 0.05) is 55.6 Å². The van der Waals surface area contributed by atoms with Gasteiger partial charge in [-0.15, -0.1) is 0 Å². The molecular weight excluding hydrogens is 574 g/mol. The van der Waals surface area contributed by atoms with Crippen LogP contribution in [0.15, 0.2) is 53.0 Å². The Morgan fingerprint density at radius 1 is 1.02 bits per heavy atom. The van der Waals surface area contributed by atoms with Crippen molar-refractivity contribution in [2.45, 2.75) is 69.6 Å². The lowest BCUT2D eigenvalue weighted by Gasteiger charge is -2.52. The van der Waals surface area contributed by atoms with Gasteiger partial charge in [-0.3, -0.25) is 14.4 Å². The van der Waals surface area contributed by atoms with Gasteiger partial charge in [-0.05, 0) is 56.9 Å². The van der Waals surface area contributed by atoms with Crippen molar-refractivity contribution in [3.63, 3.8) is 0 Å². The highest BCUT2D eigenvalue weighted by atomic mass is 79.9. The zero-order chi connectivity index (χ0) is 28.4. The molecule has 3 aliphatic heterocycles. The molecule has 1 N–H and O–H groups in total. The van der Waals surface area contributed by atoms with E-state index >= 15 is 0 Å². The average molecular weight is 613 g/mol. The van der Waals surface area contributed by atoms with Gasteiger partial charge in [0.15, 0.2) is 0 Å². The van der Waals surface area contributed by atoms with Gasteiger partial charge in [0.2, 0.25) is 17.7 Å². The van der Waals surface area contributed by atoms with Crippen LogP contribution in [0.2, 0.25) is 0 Å². The van der Waals surface area contributed by atoms with Crippen LogP contribution >= 0.6 is 15.9 Å². The molecule has 214 valence electrons. The molecule has 9 heteroatoms. The van der Waals surface area contributed by atoms with Crippen LogP contribution in [0.1, 0.15) is 63.1 Å². The third-order valence-corrected chi connectivity index (χ3v) is 8.99. The van der Waals surface area contributed by atoms with E-state index < -0.39 is 11.5 Å². The van der Waals surface area contributed by atoms with Crippen LogP contribution in [-0.2, 0) is 24.5 Å². The van der Waals surface area contributed by atoms with E-state index in [-0.39, 0.29) is 42.1 Å². The number of phenols is 1. The standard InChI is InChI=1S/C31H38BrN3O5/c1-21-19-34(20-22(2)40-21)30(39)31(23-8-4-3-5-9-23)14-13-28(38)35(17-7-16-33-15-6-10-27(33)37)29(31)25-18-24(32)11-12-26(25)36/h3-5,8-9,11-12,18,21-22,29,36H,6-7,10,13-17,19-20H2,1-2H3. The van der Waals surface area contributed by atoms with E-state index in [1.165, 1.54) is 0 Å². The fourth-order valence-corrected chi connectivity index (χ4v) is 7.19. The summed E-state index contributed by atoms with van der Waals surface area (Å²) in [4.78, 5) is 46.4. The van der Waals surface area contributed by atoms with Gasteiger partial charge in [-0.25, -0.2) is 0 Å². The maximum atomic E-state index is 14.9. The summed E-state index contributed by atoms with van der Waals surface area (Å²) < 4.78 is 6.70. The topological polar surface area (TPSA) is 90.4 Å². The summed E-state index contributed by atoms with van der Waals surface area (Å²) in [6, 6.07) is 14.1. The fourth-order valence-electron chi connectivity index (χ4n) is 6.81. The number of carbonyl (C=O) groups is 3. The molecule has 0 bridgehead atoms. The molecule has 3 aliphatic rings. The van der Waals surface area contributed by atoms with Crippen molar-refractivity contribution in [3.05, 3.63) is 64.1 Å². The van der Waals surface area contributed by atoms with Crippen molar-refractivity contribution in [2.24, 2.45) is 0 Å². The van der Waals surface area contributed by atoms with Gasteiger partial charge in [0.25, 0.3) is 0 Å². The van der Waals surface area contributed by atoms with Crippen LogP contribution in [-0.4, -0.2) is 82.5 Å². The summed E-state index contributed by atoms with van der Waals surface area (Å²) in [7, 11) is 0.